The number of hydrogen-bond donors (Lipinski definition) is 3. The Bertz CT molecular complexity index is 1360. The molecule has 47 heavy (non-hydrogen) atoms. The summed E-state index contributed by atoms with van der Waals surface area (Å²) in [6, 6.07) is 28.5. The summed E-state index contributed by atoms with van der Waals surface area (Å²) in [5.41, 5.74) is 5.74. The van der Waals surface area contributed by atoms with E-state index < -0.39 is 43.1 Å². The lowest BCUT2D eigenvalue weighted by Crippen LogP contribution is -3.00. The third-order valence-electron chi connectivity index (χ3n) is 7.20. The minimum absolute atomic E-state index is 0. The zero-order valence-corrected chi connectivity index (χ0v) is 29.7. The van der Waals surface area contributed by atoms with Crippen molar-refractivity contribution in [3.63, 3.8) is 0 Å². The lowest BCUT2D eigenvalue weighted by Gasteiger charge is -2.27. The highest BCUT2D eigenvalue weighted by molar-refractivity contribution is 8.13. The maximum atomic E-state index is 13.5. The molecule has 3 aromatic rings. The lowest BCUT2D eigenvalue weighted by atomic mass is 10.1. The van der Waals surface area contributed by atoms with Gasteiger partial charge < -0.3 is 42.8 Å². The van der Waals surface area contributed by atoms with Crippen molar-refractivity contribution in [1.82, 2.24) is 10.6 Å². The first-order valence-corrected chi connectivity index (χ1v) is 17.9. The molecule has 2 unspecified atom stereocenters. The van der Waals surface area contributed by atoms with Gasteiger partial charge in [-0.15, -0.1) is 0 Å². The number of nitrogens with one attached hydrogen (secondary N) is 2. The van der Waals surface area contributed by atoms with Gasteiger partial charge in [0.25, 0.3) is 0 Å². The van der Waals surface area contributed by atoms with Crippen molar-refractivity contribution in [1.29, 1.82) is 0 Å². The number of halogens is 1. The molecule has 0 heterocycles. The van der Waals surface area contributed by atoms with Crippen molar-refractivity contribution in [2.24, 2.45) is 5.73 Å². The van der Waals surface area contributed by atoms with Crippen molar-refractivity contribution in [3.05, 3.63) is 91.0 Å². The number of thioether (sulfide) groups is 1. The molecular formula is C34H41BrN3O7PS. The zero-order valence-electron chi connectivity index (χ0n) is 26.4. The van der Waals surface area contributed by atoms with Crippen molar-refractivity contribution in [2.45, 2.75) is 38.3 Å². The molecule has 0 aliphatic heterocycles. The van der Waals surface area contributed by atoms with Gasteiger partial charge in [0.2, 0.25) is 11.8 Å². The molecule has 2 amide bonds. The average molecular weight is 747 g/mol. The van der Waals surface area contributed by atoms with Gasteiger partial charge in [-0.3, -0.25) is 24.0 Å². The van der Waals surface area contributed by atoms with Crippen molar-refractivity contribution in [2.75, 3.05) is 32.2 Å². The molecule has 4 N–H and O–H groups in total. The van der Waals surface area contributed by atoms with E-state index in [1.165, 1.54) is 7.11 Å². The predicted octanol–water partition coefficient (Wildman–Crippen LogP) is -0.921. The Kier molecular flexibility index (Phi) is 17.4. The fourth-order valence-corrected chi connectivity index (χ4v) is 10.1. The molecule has 0 aliphatic carbocycles. The number of carbonyl (C=O) groups excluding carboxylic acids is 5. The SMILES string of the molecule is CCOC(=O)CNC(=O)C(CSC(=O)CC[P+](c1ccccc1)(c1ccccc1)c1ccccc1)NC(=O)CCC(N)C(=O)OC.[Br-]. The second-order valence-electron chi connectivity index (χ2n) is 10.3. The quantitative estimate of drug-likeness (QED) is 0.118. The van der Waals surface area contributed by atoms with Gasteiger partial charge in [-0.1, -0.05) is 66.4 Å². The zero-order chi connectivity index (χ0) is 33.4. The van der Waals surface area contributed by atoms with Crippen LogP contribution in [0.1, 0.15) is 26.2 Å². The number of benzene rings is 3. The second-order valence-corrected chi connectivity index (χ2v) is 15.0. The number of nitrogens with two attached hydrogens (primary N) is 1. The summed E-state index contributed by atoms with van der Waals surface area (Å²) in [5.74, 6) is -2.52. The molecule has 0 fully saturated rings. The highest BCUT2D eigenvalue weighted by Crippen LogP contribution is 2.55. The maximum Gasteiger partial charge on any atom is 0.325 e. The van der Waals surface area contributed by atoms with Gasteiger partial charge in [-0.05, 0) is 49.7 Å². The van der Waals surface area contributed by atoms with Crippen molar-refractivity contribution >= 4 is 63.8 Å². The van der Waals surface area contributed by atoms with Gasteiger partial charge in [-0.25, -0.2) is 0 Å². The summed E-state index contributed by atoms with van der Waals surface area (Å²) < 4.78 is 9.46. The first kappa shape index (κ1) is 39.6. The normalized spacial score (nSPS) is 12.1. The van der Waals surface area contributed by atoms with E-state index in [0.29, 0.717) is 6.16 Å². The third kappa shape index (κ3) is 11.9. The fraction of sp³-hybridized carbons (Fsp3) is 0.324. The molecular weight excluding hydrogens is 705 g/mol. The van der Waals surface area contributed by atoms with Gasteiger partial charge >= 0.3 is 11.9 Å². The second kappa shape index (κ2) is 20.6. The van der Waals surface area contributed by atoms with E-state index in [2.05, 4.69) is 51.8 Å². The largest absolute Gasteiger partial charge is 1.00 e. The van der Waals surface area contributed by atoms with E-state index in [9.17, 15) is 24.0 Å². The number of hydrogen-bond acceptors (Lipinski definition) is 9. The van der Waals surface area contributed by atoms with Crippen LogP contribution in [0.15, 0.2) is 91.0 Å². The Morgan fingerprint density at radius 1 is 0.830 bits per heavy atom. The predicted molar refractivity (Wildman–Crippen MR) is 183 cm³/mol. The van der Waals surface area contributed by atoms with Crippen LogP contribution in [0.5, 0.6) is 0 Å². The summed E-state index contributed by atoms with van der Waals surface area (Å²) in [7, 11) is -1.04. The van der Waals surface area contributed by atoms with E-state index in [4.69, 9.17) is 10.5 Å². The topological polar surface area (TPSA) is 154 Å². The van der Waals surface area contributed by atoms with Gasteiger partial charge in [0.1, 0.15) is 41.8 Å². The monoisotopic (exact) mass is 745 g/mol. The summed E-state index contributed by atoms with van der Waals surface area (Å²) in [6.45, 7) is 1.41. The molecule has 0 spiro atoms. The average Bonchev–Trinajstić information content (AvgIpc) is 3.09. The van der Waals surface area contributed by atoms with Crippen LogP contribution in [-0.2, 0) is 33.4 Å². The number of methoxy groups -OCH3 is 1. The highest BCUT2D eigenvalue weighted by Gasteiger charge is 2.45. The van der Waals surface area contributed by atoms with E-state index in [1.54, 1.807) is 6.92 Å². The van der Waals surface area contributed by atoms with Crippen LogP contribution in [0.25, 0.3) is 0 Å². The first-order chi connectivity index (χ1) is 22.2. The minimum Gasteiger partial charge on any atom is -1.00 e. The van der Waals surface area contributed by atoms with E-state index in [-0.39, 0.29) is 60.3 Å². The van der Waals surface area contributed by atoms with Gasteiger partial charge in [-0.2, -0.15) is 0 Å². The fourth-order valence-electron chi connectivity index (χ4n) is 4.89. The minimum atomic E-state index is -2.24. The molecule has 0 saturated carbocycles. The Balaban J connectivity index is 0.00000768. The number of amides is 2. The smallest absolute Gasteiger partial charge is 0.325 e. The van der Waals surface area contributed by atoms with Gasteiger partial charge in [0, 0.05) is 12.2 Å². The van der Waals surface area contributed by atoms with E-state index >= 15 is 0 Å². The van der Waals surface area contributed by atoms with Crippen LogP contribution in [0.4, 0.5) is 0 Å². The summed E-state index contributed by atoms with van der Waals surface area (Å²) in [4.78, 5) is 62.6. The standard InChI is InChI=1S/C34H40N3O7PS.BrH/c1-3-44-31(39)23-36-33(41)29(37-30(38)20-19-28(35)34(42)43-2)24-46-32(40)21-22-45(25-13-7-4-8-14-25,26-15-9-5-10-16-26)27-17-11-6-12-18-27;/h4-18,28-29H,3,19-24,35H2,1-2H3,(H-,36,37,38,41);1H. The Morgan fingerprint density at radius 2 is 1.34 bits per heavy atom. The lowest BCUT2D eigenvalue weighted by molar-refractivity contribution is -0.143. The van der Waals surface area contributed by atoms with Crippen LogP contribution in [-0.4, -0.2) is 73.1 Å². The van der Waals surface area contributed by atoms with Gasteiger partial charge in [0.15, 0.2) is 5.12 Å². The molecule has 0 bridgehead atoms. The van der Waals surface area contributed by atoms with Crippen LogP contribution < -0.4 is 49.3 Å². The molecule has 3 aromatic carbocycles. The van der Waals surface area contributed by atoms with Gasteiger partial charge in [0.05, 0.1) is 26.3 Å². The molecule has 10 nitrogen and oxygen atoms in total. The van der Waals surface area contributed by atoms with Crippen molar-refractivity contribution < 1.29 is 50.4 Å². The van der Waals surface area contributed by atoms with Crippen LogP contribution >= 0.6 is 19.0 Å². The first-order valence-electron chi connectivity index (χ1n) is 15.0. The van der Waals surface area contributed by atoms with Crippen LogP contribution in [0.2, 0.25) is 0 Å². The number of rotatable bonds is 17. The number of carbonyl (C=O) groups is 5. The molecule has 3 rings (SSSR count). The highest BCUT2D eigenvalue weighted by atomic mass is 79.9. The molecule has 0 radical (unpaired) electrons. The third-order valence-corrected chi connectivity index (χ3v) is 12.7. The molecule has 0 aromatic heterocycles. The van der Waals surface area contributed by atoms with Crippen molar-refractivity contribution in [3.8, 4) is 0 Å². The number of ether oxygens (including phenoxy) is 2. The van der Waals surface area contributed by atoms with Crippen LogP contribution in [0.3, 0.4) is 0 Å². The summed E-state index contributed by atoms with van der Waals surface area (Å²) in [6.07, 6.45) is 0.644. The summed E-state index contributed by atoms with van der Waals surface area (Å²) >= 11 is 0.947. The Hall–Kier alpha value is -3.57. The maximum absolute atomic E-state index is 13.5. The van der Waals surface area contributed by atoms with Crippen LogP contribution in [0, 0.1) is 0 Å². The molecule has 13 heteroatoms. The summed E-state index contributed by atoms with van der Waals surface area (Å²) in [5, 5.41) is 8.39. The molecule has 0 aliphatic rings. The molecule has 0 saturated heterocycles. The van der Waals surface area contributed by atoms with E-state index in [1.807, 2.05) is 54.6 Å². The Morgan fingerprint density at radius 3 is 1.81 bits per heavy atom. The number of esters is 2. The van der Waals surface area contributed by atoms with E-state index in [0.717, 1.165) is 27.7 Å². The Labute approximate surface area is 291 Å². The molecule has 252 valence electrons. The molecule has 2 atom stereocenters.